The zero-order valence-corrected chi connectivity index (χ0v) is 12.6. The molecule has 106 valence electrons. The summed E-state index contributed by atoms with van der Waals surface area (Å²) in [5.74, 6) is -0.0966. The number of carbonyl (C=O) groups excluding carboxylic acids is 1. The first-order chi connectivity index (χ1) is 9.65. The maximum Gasteiger partial charge on any atom is 0.251 e. The second kappa shape index (κ2) is 7.09. The first kappa shape index (κ1) is 14.6. The molecule has 1 amide bonds. The largest absolute Gasteiger partial charge is 0.399 e. The molecule has 0 aliphatic heterocycles. The van der Waals surface area contributed by atoms with Gasteiger partial charge in [-0.1, -0.05) is 15.9 Å². The fourth-order valence-electron chi connectivity index (χ4n) is 1.89. The van der Waals surface area contributed by atoms with Crippen molar-refractivity contribution in [3.63, 3.8) is 0 Å². The molecule has 1 aromatic heterocycles. The highest BCUT2D eigenvalue weighted by atomic mass is 79.9. The Morgan fingerprint density at radius 3 is 2.90 bits per heavy atom. The second-order valence-electron chi connectivity index (χ2n) is 4.54. The van der Waals surface area contributed by atoms with Crippen molar-refractivity contribution >= 4 is 27.5 Å². The molecule has 3 N–H and O–H groups in total. The molecule has 0 fully saturated rings. The SMILES string of the molecule is Nc1cc(Br)cc(C(=O)NCCCCn2ccnc2)c1. The van der Waals surface area contributed by atoms with Crippen molar-refractivity contribution in [2.24, 2.45) is 0 Å². The van der Waals surface area contributed by atoms with E-state index in [2.05, 4.69) is 26.2 Å². The Balaban J connectivity index is 1.72. The van der Waals surface area contributed by atoms with Crippen LogP contribution in [0.15, 0.2) is 41.4 Å². The number of nitrogens with two attached hydrogens (primary N) is 1. The third-order valence-electron chi connectivity index (χ3n) is 2.87. The number of rotatable bonds is 6. The van der Waals surface area contributed by atoms with Crippen LogP contribution in [-0.2, 0) is 6.54 Å². The third kappa shape index (κ3) is 4.38. The fraction of sp³-hybridized carbons (Fsp3) is 0.286. The normalized spacial score (nSPS) is 10.4. The summed E-state index contributed by atoms with van der Waals surface area (Å²) in [6.07, 6.45) is 7.41. The minimum Gasteiger partial charge on any atom is -0.399 e. The van der Waals surface area contributed by atoms with Crippen LogP contribution in [-0.4, -0.2) is 22.0 Å². The Kier molecular flexibility index (Phi) is 5.17. The zero-order chi connectivity index (χ0) is 14.4. The van der Waals surface area contributed by atoms with Gasteiger partial charge in [-0.15, -0.1) is 0 Å². The van der Waals surface area contributed by atoms with Gasteiger partial charge in [-0.25, -0.2) is 4.98 Å². The Morgan fingerprint density at radius 1 is 1.35 bits per heavy atom. The van der Waals surface area contributed by atoms with Crippen LogP contribution in [0.2, 0.25) is 0 Å². The van der Waals surface area contributed by atoms with Gasteiger partial charge in [0.1, 0.15) is 0 Å². The highest BCUT2D eigenvalue weighted by Gasteiger charge is 2.06. The summed E-state index contributed by atoms with van der Waals surface area (Å²) in [4.78, 5) is 15.9. The van der Waals surface area contributed by atoms with Crippen molar-refractivity contribution in [3.8, 4) is 0 Å². The van der Waals surface area contributed by atoms with Gasteiger partial charge in [0.25, 0.3) is 5.91 Å². The first-order valence-electron chi connectivity index (χ1n) is 6.45. The number of aromatic nitrogens is 2. The number of imidazole rings is 1. The molecule has 0 aliphatic rings. The van der Waals surface area contributed by atoms with Gasteiger partial charge in [-0.2, -0.15) is 0 Å². The number of nitrogens with one attached hydrogen (secondary N) is 1. The highest BCUT2D eigenvalue weighted by Crippen LogP contribution is 2.17. The maximum absolute atomic E-state index is 11.9. The van der Waals surface area contributed by atoms with E-state index in [9.17, 15) is 4.79 Å². The van der Waals surface area contributed by atoms with Gasteiger partial charge in [-0.3, -0.25) is 4.79 Å². The van der Waals surface area contributed by atoms with E-state index in [-0.39, 0.29) is 5.91 Å². The predicted octanol–water partition coefficient (Wildman–Crippen LogP) is 2.44. The quantitative estimate of drug-likeness (QED) is 0.628. The van der Waals surface area contributed by atoms with Gasteiger partial charge in [0.05, 0.1) is 6.33 Å². The fourth-order valence-corrected chi connectivity index (χ4v) is 2.40. The number of halogens is 1. The molecule has 0 saturated carbocycles. The zero-order valence-electron chi connectivity index (χ0n) is 11.1. The number of nitrogen functional groups attached to an aromatic ring is 1. The molecule has 0 radical (unpaired) electrons. The van der Waals surface area contributed by atoms with E-state index in [4.69, 9.17) is 5.73 Å². The van der Waals surface area contributed by atoms with E-state index < -0.39 is 0 Å². The lowest BCUT2D eigenvalue weighted by atomic mass is 10.2. The Labute approximate surface area is 126 Å². The van der Waals surface area contributed by atoms with Crippen LogP contribution in [0.1, 0.15) is 23.2 Å². The molecule has 0 atom stereocenters. The van der Waals surface area contributed by atoms with Crippen LogP contribution in [0.25, 0.3) is 0 Å². The lowest BCUT2D eigenvalue weighted by Gasteiger charge is -2.07. The van der Waals surface area contributed by atoms with E-state index in [0.717, 1.165) is 23.9 Å². The minimum atomic E-state index is -0.0966. The Hall–Kier alpha value is -1.82. The van der Waals surface area contributed by atoms with E-state index in [1.165, 1.54) is 0 Å². The predicted molar refractivity (Wildman–Crippen MR) is 82.3 cm³/mol. The monoisotopic (exact) mass is 336 g/mol. The average molecular weight is 337 g/mol. The lowest BCUT2D eigenvalue weighted by molar-refractivity contribution is 0.0953. The Bertz CT molecular complexity index is 548. The molecule has 0 bridgehead atoms. The van der Waals surface area contributed by atoms with Crippen LogP contribution in [0, 0.1) is 0 Å². The third-order valence-corrected chi connectivity index (χ3v) is 3.33. The number of hydrogen-bond donors (Lipinski definition) is 2. The van der Waals surface area contributed by atoms with Crippen molar-refractivity contribution in [1.29, 1.82) is 0 Å². The number of benzene rings is 1. The summed E-state index contributed by atoms with van der Waals surface area (Å²) in [6.45, 7) is 1.57. The van der Waals surface area contributed by atoms with Crippen molar-refractivity contribution in [1.82, 2.24) is 14.9 Å². The second-order valence-corrected chi connectivity index (χ2v) is 5.45. The molecule has 6 heteroatoms. The summed E-state index contributed by atoms with van der Waals surface area (Å²) < 4.78 is 2.83. The number of anilines is 1. The molecular formula is C14H17BrN4O. The van der Waals surface area contributed by atoms with Crippen LogP contribution in [0.5, 0.6) is 0 Å². The lowest BCUT2D eigenvalue weighted by Crippen LogP contribution is -2.24. The average Bonchev–Trinajstić information content (AvgIpc) is 2.90. The molecule has 0 unspecified atom stereocenters. The van der Waals surface area contributed by atoms with E-state index in [0.29, 0.717) is 17.8 Å². The Morgan fingerprint density at radius 2 is 2.20 bits per heavy atom. The van der Waals surface area contributed by atoms with Gasteiger partial charge in [-0.05, 0) is 31.0 Å². The standard InChI is InChI=1S/C14H17BrN4O/c15-12-7-11(8-13(16)9-12)14(20)18-3-1-2-5-19-6-4-17-10-19/h4,6-10H,1-3,5,16H2,(H,18,20). The molecular weight excluding hydrogens is 320 g/mol. The number of carbonyl (C=O) groups is 1. The number of aryl methyl sites for hydroxylation is 1. The van der Waals surface area contributed by atoms with E-state index in [1.807, 2.05) is 10.8 Å². The molecule has 1 aromatic carbocycles. The van der Waals surface area contributed by atoms with Crippen molar-refractivity contribution in [2.45, 2.75) is 19.4 Å². The summed E-state index contributed by atoms with van der Waals surface area (Å²) in [5.41, 5.74) is 6.86. The van der Waals surface area contributed by atoms with Crippen LogP contribution in [0.4, 0.5) is 5.69 Å². The first-order valence-corrected chi connectivity index (χ1v) is 7.24. The minimum absolute atomic E-state index is 0.0966. The topological polar surface area (TPSA) is 72.9 Å². The van der Waals surface area contributed by atoms with E-state index in [1.54, 1.807) is 30.7 Å². The maximum atomic E-state index is 11.9. The highest BCUT2D eigenvalue weighted by molar-refractivity contribution is 9.10. The number of hydrogen-bond acceptors (Lipinski definition) is 3. The molecule has 2 rings (SSSR count). The van der Waals surface area contributed by atoms with Crippen LogP contribution < -0.4 is 11.1 Å². The molecule has 0 spiro atoms. The van der Waals surface area contributed by atoms with Crippen LogP contribution >= 0.6 is 15.9 Å². The van der Waals surface area contributed by atoms with Gasteiger partial charge in [0.15, 0.2) is 0 Å². The summed E-state index contributed by atoms with van der Waals surface area (Å²) in [7, 11) is 0. The van der Waals surface area contributed by atoms with E-state index >= 15 is 0 Å². The van der Waals surface area contributed by atoms with Crippen LogP contribution in [0.3, 0.4) is 0 Å². The number of unbranched alkanes of at least 4 members (excludes halogenated alkanes) is 1. The summed E-state index contributed by atoms with van der Waals surface area (Å²) >= 11 is 3.33. The van der Waals surface area contributed by atoms with Gasteiger partial charge in [0.2, 0.25) is 0 Å². The van der Waals surface area contributed by atoms with Crippen molar-refractivity contribution < 1.29 is 4.79 Å². The summed E-state index contributed by atoms with van der Waals surface area (Å²) in [5, 5.41) is 2.89. The molecule has 1 heterocycles. The van der Waals surface area contributed by atoms with Crippen molar-refractivity contribution in [3.05, 3.63) is 47.0 Å². The smallest absolute Gasteiger partial charge is 0.251 e. The van der Waals surface area contributed by atoms with Crippen molar-refractivity contribution in [2.75, 3.05) is 12.3 Å². The number of amides is 1. The molecule has 2 aromatic rings. The van der Waals surface area contributed by atoms with Gasteiger partial charge < -0.3 is 15.6 Å². The number of nitrogens with zero attached hydrogens (tertiary/aromatic N) is 2. The molecule has 0 saturated heterocycles. The molecule has 5 nitrogen and oxygen atoms in total. The van der Waals surface area contributed by atoms with Gasteiger partial charge >= 0.3 is 0 Å². The molecule has 0 aliphatic carbocycles. The summed E-state index contributed by atoms with van der Waals surface area (Å²) in [6, 6.07) is 5.20. The van der Waals surface area contributed by atoms with Gasteiger partial charge in [0, 0.05) is 41.2 Å². The molecule has 20 heavy (non-hydrogen) atoms.